The minimum atomic E-state index is -3.16. The average Bonchev–Trinajstić information content (AvgIpc) is 2.93. The topological polar surface area (TPSA) is 83.7 Å². The van der Waals surface area contributed by atoms with E-state index in [0.29, 0.717) is 25.6 Å². The van der Waals surface area contributed by atoms with Gasteiger partial charge in [0, 0.05) is 32.1 Å². The average molecular weight is 317 g/mol. The Balaban J connectivity index is 1.90. The molecule has 21 heavy (non-hydrogen) atoms. The maximum Gasteiger partial charge on any atom is 0.226 e. The van der Waals surface area contributed by atoms with E-state index < -0.39 is 10.0 Å². The Labute approximate surface area is 127 Å². The zero-order valence-corrected chi connectivity index (χ0v) is 13.8. The Morgan fingerprint density at radius 3 is 2.38 bits per heavy atom. The molecule has 6 nitrogen and oxygen atoms in total. The lowest BCUT2D eigenvalue weighted by Gasteiger charge is -2.37. The highest BCUT2D eigenvalue weighted by molar-refractivity contribution is 7.88. The van der Waals surface area contributed by atoms with Gasteiger partial charge in [0.05, 0.1) is 6.26 Å². The molecule has 0 radical (unpaired) electrons. The van der Waals surface area contributed by atoms with E-state index in [4.69, 9.17) is 5.73 Å². The quantitative estimate of drug-likeness (QED) is 0.805. The van der Waals surface area contributed by atoms with Gasteiger partial charge < -0.3 is 10.6 Å². The molecule has 1 heterocycles. The molecule has 1 aliphatic carbocycles. The summed E-state index contributed by atoms with van der Waals surface area (Å²) in [5.41, 5.74) is 5.76. The molecule has 2 atom stereocenters. The number of piperidine rings is 1. The van der Waals surface area contributed by atoms with E-state index in [1.165, 1.54) is 10.6 Å². The maximum absolute atomic E-state index is 12.6. The van der Waals surface area contributed by atoms with Crippen molar-refractivity contribution < 1.29 is 13.2 Å². The summed E-state index contributed by atoms with van der Waals surface area (Å²) < 4.78 is 24.6. The summed E-state index contributed by atoms with van der Waals surface area (Å²) in [6.07, 6.45) is 5.76. The van der Waals surface area contributed by atoms with Crippen LogP contribution in [0, 0.1) is 11.8 Å². The Hall–Kier alpha value is -0.660. The third kappa shape index (κ3) is 3.76. The molecule has 122 valence electrons. The molecule has 0 spiro atoms. The summed E-state index contributed by atoms with van der Waals surface area (Å²) in [6.45, 7) is 1.89. The molecule has 2 aliphatic rings. The van der Waals surface area contributed by atoms with Crippen LogP contribution in [0.4, 0.5) is 0 Å². The molecular weight excluding hydrogens is 290 g/mol. The number of hydrogen-bond donors (Lipinski definition) is 1. The van der Waals surface area contributed by atoms with Crippen molar-refractivity contribution in [3.8, 4) is 0 Å². The molecule has 1 amide bonds. The van der Waals surface area contributed by atoms with Crippen LogP contribution in [0.15, 0.2) is 0 Å². The summed E-state index contributed by atoms with van der Waals surface area (Å²) in [4.78, 5) is 14.5. The van der Waals surface area contributed by atoms with Gasteiger partial charge in [-0.2, -0.15) is 0 Å². The van der Waals surface area contributed by atoms with E-state index in [2.05, 4.69) is 0 Å². The summed E-state index contributed by atoms with van der Waals surface area (Å²) in [5, 5.41) is 0. The molecule has 1 saturated heterocycles. The normalized spacial score (nSPS) is 28.3. The van der Waals surface area contributed by atoms with Crippen LogP contribution in [0.5, 0.6) is 0 Å². The van der Waals surface area contributed by atoms with Gasteiger partial charge in [-0.05, 0) is 38.1 Å². The largest absolute Gasteiger partial charge is 0.342 e. The Morgan fingerprint density at radius 1 is 1.24 bits per heavy atom. The van der Waals surface area contributed by atoms with E-state index >= 15 is 0 Å². The fraction of sp³-hybridized carbons (Fsp3) is 0.929. The molecule has 2 rings (SSSR count). The fourth-order valence-electron chi connectivity index (χ4n) is 3.60. The number of sulfonamides is 1. The van der Waals surface area contributed by atoms with E-state index in [0.717, 1.165) is 32.1 Å². The molecule has 0 aromatic rings. The first-order valence-electron chi connectivity index (χ1n) is 7.76. The highest BCUT2D eigenvalue weighted by Crippen LogP contribution is 2.33. The van der Waals surface area contributed by atoms with E-state index in [1.54, 1.807) is 7.05 Å². The first-order chi connectivity index (χ1) is 9.84. The van der Waals surface area contributed by atoms with E-state index in [1.807, 2.05) is 4.90 Å². The molecule has 0 aromatic heterocycles. The van der Waals surface area contributed by atoms with Crippen molar-refractivity contribution in [2.75, 3.05) is 32.9 Å². The van der Waals surface area contributed by atoms with Gasteiger partial charge in [-0.1, -0.05) is 6.42 Å². The molecule has 2 N–H and O–H groups in total. The van der Waals surface area contributed by atoms with Crippen LogP contribution in [0.2, 0.25) is 0 Å². The molecule has 1 aliphatic heterocycles. The van der Waals surface area contributed by atoms with Gasteiger partial charge in [-0.3, -0.25) is 4.79 Å². The number of nitrogens with zero attached hydrogens (tertiary/aromatic N) is 2. The Morgan fingerprint density at radius 2 is 1.86 bits per heavy atom. The molecule has 0 bridgehead atoms. The number of rotatable bonds is 4. The SMILES string of the molecule is CN(C1CCN(C(=O)[C@@H]2CCC[C@@H]2CN)CC1)S(C)(=O)=O. The molecular formula is C14H27N3O3S. The van der Waals surface area contributed by atoms with Gasteiger partial charge in [-0.25, -0.2) is 12.7 Å². The lowest BCUT2D eigenvalue weighted by Crippen LogP contribution is -2.49. The third-order valence-corrected chi connectivity index (χ3v) is 6.44. The second-order valence-electron chi connectivity index (χ2n) is 6.37. The van der Waals surface area contributed by atoms with Crippen LogP contribution in [0.3, 0.4) is 0 Å². The van der Waals surface area contributed by atoms with Gasteiger partial charge >= 0.3 is 0 Å². The Kier molecular flexibility index (Phi) is 5.27. The van der Waals surface area contributed by atoms with Gasteiger partial charge in [-0.15, -0.1) is 0 Å². The van der Waals surface area contributed by atoms with Crippen molar-refractivity contribution in [3.63, 3.8) is 0 Å². The highest BCUT2D eigenvalue weighted by atomic mass is 32.2. The second-order valence-corrected chi connectivity index (χ2v) is 8.41. The third-order valence-electron chi connectivity index (χ3n) is 5.09. The Bertz CT molecular complexity index is 472. The summed E-state index contributed by atoms with van der Waals surface area (Å²) >= 11 is 0. The maximum atomic E-state index is 12.6. The first-order valence-corrected chi connectivity index (χ1v) is 9.61. The van der Waals surface area contributed by atoms with Crippen molar-refractivity contribution in [1.82, 2.24) is 9.21 Å². The van der Waals surface area contributed by atoms with Gasteiger partial charge in [0.1, 0.15) is 0 Å². The van der Waals surface area contributed by atoms with Crippen molar-refractivity contribution >= 4 is 15.9 Å². The predicted octanol–water partition coefficient (Wildman–Crippen LogP) is 0.244. The second kappa shape index (κ2) is 6.62. The van der Waals surface area contributed by atoms with E-state index in [-0.39, 0.29) is 17.9 Å². The van der Waals surface area contributed by atoms with Gasteiger partial charge in [0.2, 0.25) is 15.9 Å². The molecule has 1 saturated carbocycles. The first kappa shape index (κ1) is 16.7. The molecule has 0 unspecified atom stereocenters. The fourth-order valence-corrected chi connectivity index (χ4v) is 4.35. The zero-order chi connectivity index (χ0) is 15.6. The zero-order valence-electron chi connectivity index (χ0n) is 13.0. The molecule has 7 heteroatoms. The van der Waals surface area contributed by atoms with Crippen molar-refractivity contribution in [2.24, 2.45) is 17.6 Å². The van der Waals surface area contributed by atoms with Crippen LogP contribution < -0.4 is 5.73 Å². The highest BCUT2D eigenvalue weighted by Gasteiger charge is 2.36. The number of hydrogen-bond acceptors (Lipinski definition) is 4. The minimum Gasteiger partial charge on any atom is -0.342 e. The number of amides is 1. The van der Waals surface area contributed by atoms with E-state index in [9.17, 15) is 13.2 Å². The van der Waals surface area contributed by atoms with Crippen molar-refractivity contribution in [3.05, 3.63) is 0 Å². The molecule has 2 fully saturated rings. The lowest BCUT2D eigenvalue weighted by molar-refractivity contribution is -0.137. The summed E-state index contributed by atoms with van der Waals surface area (Å²) in [7, 11) is -1.53. The number of likely N-dealkylation sites (tertiary alicyclic amines) is 1. The van der Waals surface area contributed by atoms with Crippen molar-refractivity contribution in [1.29, 1.82) is 0 Å². The van der Waals surface area contributed by atoms with Crippen LogP contribution in [-0.2, 0) is 14.8 Å². The van der Waals surface area contributed by atoms with Gasteiger partial charge in [0.25, 0.3) is 0 Å². The number of carbonyl (C=O) groups is 1. The van der Waals surface area contributed by atoms with Crippen LogP contribution >= 0.6 is 0 Å². The van der Waals surface area contributed by atoms with Crippen LogP contribution in [0.1, 0.15) is 32.1 Å². The summed E-state index contributed by atoms with van der Waals surface area (Å²) in [5.74, 6) is 0.636. The van der Waals surface area contributed by atoms with Gasteiger partial charge in [0.15, 0.2) is 0 Å². The van der Waals surface area contributed by atoms with Crippen LogP contribution in [0.25, 0.3) is 0 Å². The van der Waals surface area contributed by atoms with Crippen LogP contribution in [-0.4, -0.2) is 62.5 Å². The number of nitrogens with two attached hydrogens (primary N) is 1. The minimum absolute atomic E-state index is 0.0120. The predicted molar refractivity (Wildman–Crippen MR) is 82.1 cm³/mol. The number of carbonyl (C=O) groups excluding carboxylic acids is 1. The van der Waals surface area contributed by atoms with Crippen molar-refractivity contribution in [2.45, 2.75) is 38.1 Å². The molecule has 0 aromatic carbocycles. The standard InChI is InChI=1S/C14H27N3O3S/c1-16(21(2,19)20)12-6-8-17(9-7-12)14(18)13-5-3-4-11(13)10-15/h11-13H,3-10,15H2,1-2H3/t11-,13-/m1/s1. The summed E-state index contributed by atoms with van der Waals surface area (Å²) in [6, 6.07) is 0.0120. The lowest BCUT2D eigenvalue weighted by atomic mass is 9.93. The monoisotopic (exact) mass is 317 g/mol. The smallest absolute Gasteiger partial charge is 0.226 e.